The predicted octanol–water partition coefficient (Wildman–Crippen LogP) is 4.15. The second kappa shape index (κ2) is 9.63. The Morgan fingerprint density at radius 2 is 2.15 bits per heavy atom. The van der Waals surface area contributed by atoms with Crippen LogP contribution in [0.1, 0.15) is 22.4 Å². The Balaban J connectivity index is 1.40. The molecule has 1 fully saturated rings. The first-order valence-corrected chi connectivity index (χ1v) is 12.3. The molecule has 1 unspecified atom stereocenters. The van der Waals surface area contributed by atoms with Gasteiger partial charge < -0.3 is 14.8 Å². The van der Waals surface area contributed by atoms with Gasteiger partial charge in [-0.1, -0.05) is 30.3 Å². The monoisotopic (exact) mass is 463 g/mol. The Hall–Kier alpha value is -2.74. The van der Waals surface area contributed by atoms with Crippen molar-refractivity contribution in [1.82, 2.24) is 14.9 Å². The van der Waals surface area contributed by atoms with Crippen LogP contribution in [0.2, 0.25) is 0 Å². The fraction of sp³-hybridized carbons (Fsp3) is 0.385. The number of hydrogen-bond acceptors (Lipinski definition) is 6. The number of nitrogens with one attached hydrogen (secondary N) is 1. The van der Waals surface area contributed by atoms with Gasteiger partial charge >= 0.3 is 0 Å². The number of fused-ring (bicyclic) bond motifs is 2. The highest BCUT2D eigenvalue weighted by Crippen LogP contribution is 2.30. The maximum absolute atomic E-state index is 13.5. The third kappa shape index (κ3) is 4.40. The normalized spacial score (nSPS) is 16.1. The lowest BCUT2D eigenvalue weighted by Crippen LogP contribution is -2.25. The van der Waals surface area contributed by atoms with Crippen LogP contribution < -0.4 is 15.6 Å². The molecule has 0 amide bonds. The molecule has 1 atom stereocenters. The molecule has 1 saturated heterocycles. The topological polar surface area (TPSA) is 65.4 Å². The quantitative estimate of drug-likeness (QED) is 0.398. The van der Waals surface area contributed by atoms with Crippen LogP contribution in [0.3, 0.4) is 0 Å². The van der Waals surface area contributed by atoms with Gasteiger partial charge in [0.25, 0.3) is 5.56 Å². The largest absolute Gasteiger partial charge is 0.496 e. The summed E-state index contributed by atoms with van der Waals surface area (Å²) >= 11 is 1.63. The summed E-state index contributed by atoms with van der Waals surface area (Å²) in [5, 5.41) is 6.50. The SMILES string of the molecule is COc1ccc2ccccc2c1Cn1cnc2sc(CCNCC3CCOC3)c(C)c2c1=O. The van der Waals surface area contributed by atoms with Crippen molar-refractivity contribution in [3.05, 3.63) is 69.1 Å². The first kappa shape index (κ1) is 22.1. The molecule has 0 radical (unpaired) electrons. The minimum absolute atomic E-state index is 0.00560. The molecule has 33 heavy (non-hydrogen) atoms. The molecular weight excluding hydrogens is 434 g/mol. The highest BCUT2D eigenvalue weighted by atomic mass is 32.1. The number of aromatic nitrogens is 2. The number of thiophene rings is 1. The van der Waals surface area contributed by atoms with Crippen molar-refractivity contribution in [1.29, 1.82) is 0 Å². The zero-order valence-corrected chi connectivity index (χ0v) is 19.9. The minimum Gasteiger partial charge on any atom is -0.496 e. The average Bonchev–Trinajstić information content (AvgIpc) is 3.47. The average molecular weight is 464 g/mol. The summed E-state index contributed by atoms with van der Waals surface area (Å²) in [6.45, 7) is 6.09. The summed E-state index contributed by atoms with van der Waals surface area (Å²) < 4.78 is 12.8. The molecule has 7 heteroatoms. The molecule has 2 aromatic heterocycles. The number of aryl methyl sites for hydroxylation is 1. The molecule has 0 bridgehead atoms. The highest BCUT2D eigenvalue weighted by Gasteiger charge is 2.17. The van der Waals surface area contributed by atoms with Crippen molar-refractivity contribution in [2.45, 2.75) is 26.3 Å². The van der Waals surface area contributed by atoms with E-state index in [1.165, 1.54) is 4.88 Å². The van der Waals surface area contributed by atoms with E-state index in [2.05, 4.69) is 22.4 Å². The van der Waals surface area contributed by atoms with Gasteiger partial charge in [-0.2, -0.15) is 0 Å². The molecule has 0 saturated carbocycles. The molecule has 4 aromatic rings. The van der Waals surface area contributed by atoms with Crippen LogP contribution in [-0.2, 0) is 17.7 Å². The lowest BCUT2D eigenvalue weighted by atomic mass is 10.0. The van der Waals surface area contributed by atoms with Gasteiger partial charge in [-0.15, -0.1) is 11.3 Å². The fourth-order valence-corrected chi connectivity index (χ4v) is 5.78. The van der Waals surface area contributed by atoms with E-state index in [0.717, 1.165) is 77.0 Å². The third-order valence-electron chi connectivity index (χ3n) is 6.55. The smallest absolute Gasteiger partial charge is 0.262 e. The summed E-state index contributed by atoms with van der Waals surface area (Å²) in [4.78, 5) is 20.2. The summed E-state index contributed by atoms with van der Waals surface area (Å²) in [7, 11) is 1.67. The molecule has 1 aliphatic heterocycles. The van der Waals surface area contributed by atoms with Crippen LogP contribution in [0, 0.1) is 12.8 Å². The number of methoxy groups -OCH3 is 1. The lowest BCUT2D eigenvalue weighted by molar-refractivity contribution is 0.185. The Morgan fingerprint density at radius 3 is 2.97 bits per heavy atom. The number of nitrogens with zero attached hydrogens (tertiary/aromatic N) is 2. The maximum Gasteiger partial charge on any atom is 0.262 e. The standard InChI is InChI=1S/C26H29N3O3S/c1-17-23(9-11-27-13-18-10-12-32-15-18)33-25-24(17)26(30)29(16-28-25)14-21-20-6-4-3-5-19(20)7-8-22(21)31-2/h3-8,16,18,27H,9-15H2,1-2H3. The van der Waals surface area contributed by atoms with E-state index in [1.54, 1.807) is 29.3 Å². The van der Waals surface area contributed by atoms with E-state index in [4.69, 9.17) is 9.47 Å². The first-order valence-electron chi connectivity index (χ1n) is 11.5. The van der Waals surface area contributed by atoms with Gasteiger partial charge in [0.15, 0.2) is 0 Å². The van der Waals surface area contributed by atoms with Gasteiger partial charge in [-0.3, -0.25) is 9.36 Å². The van der Waals surface area contributed by atoms with Crippen molar-refractivity contribution in [2.24, 2.45) is 5.92 Å². The predicted molar refractivity (Wildman–Crippen MR) is 134 cm³/mol. The summed E-state index contributed by atoms with van der Waals surface area (Å²) in [6, 6.07) is 12.2. The summed E-state index contributed by atoms with van der Waals surface area (Å²) in [6.07, 6.45) is 3.71. The number of benzene rings is 2. The summed E-state index contributed by atoms with van der Waals surface area (Å²) in [5.41, 5.74) is 2.05. The second-order valence-electron chi connectivity index (χ2n) is 8.66. The van der Waals surface area contributed by atoms with Crippen LogP contribution in [-0.4, -0.2) is 43.0 Å². The Morgan fingerprint density at radius 1 is 1.27 bits per heavy atom. The molecule has 172 valence electrons. The molecule has 5 rings (SSSR count). The zero-order valence-electron chi connectivity index (χ0n) is 19.1. The van der Waals surface area contributed by atoms with E-state index in [0.29, 0.717) is 12.5 Å². The van der Waals surface area contributed by atoms with Crippen molar-refractivity contribution >= 4 is 32.3 Å². The van der Waals surface area contributed by atoms with E-state index in [1.807, 2.05) is 31.2 Å². The van der Waals surface area contributed by atoms with Crippen molar-refractivity contribution in [3.8, 4) is 5.75 Å². The van der Waals surface area contributed by atoms with Crippen LogP contribution in [0.25, 0.3) is 21.0 Å². The molecule has 1 aliphatic rings. The maximum atomic E-state index is 13.5. The van der Waals surface area contributed by atoms with Gasteiger partial charge in [-0.05, 0) is 54.6 Å². The van der Waals surface area contributed by atoms with Gasteiger partial charge in [0, 0.05) is 23.6 Å². The van der Waals surface area contributed by atoms with E-state index < -0.39 is 0 Å². The molecule has 1 N–H and O–H groups in total. The van der Waals surface area contributed by atoms with E-state index in [-0.39, 0.29) is 5.56 Å². The van der Waals surface area contributed by atoms with E-state index >= 15 is 0 Å². The summed E-state index contributed by atoms with van der Waals surface area (Å²) in [5.74, 6) is 1.40. The fourth-order valence-electron chi connectivity index (χ4n) is 4.65. The van der Waals surface area contributed by atoms with Gasteiger partial charge in [0.1, 0.15) is 10.6 Å². The first-order chi connectivity index (χ1) is 16.2. The van der Waals surface area contributed by atoms with Gasteiger partial charge in [0.2, 0.25) is 0 Å². The van der Waals surface area contributed by atoms with Crippen LogP contribution in [0.4, 0.5) is 0 Å². The van der Waals surface area contributed by atoms with Gasteiger partial charge in [-0.25, -0.2) is 4.98 Å². The van der Waals surface area contributed by atoms with Crippen LogP contribution in [0.5, 0.6) is 5.75 Å². The number of hydrogen-bond donors (Lipinski definition) is 1. The highest BCUT2D eigenvalue weighted by molar-refractivity contribution is 7.18. The minimum atomic E-state index is 0.00560. The molecule has 2 aromatic carbocycles. The number of rotatable bonds is 8. The number of ether oxygens (including phenoxy) is 2. The van der Waals surface area contributed by atoms with Gasteiger partial charge in [0.05, 0.1) is 32.0 Å². The van der Waals surface area contributed by atoms with Crippen molar-refractivity contribution < 1.29 is 9.47 Å². The van der Waals surface area contributed by atoms with Crippen molar-refractivity contribution in [3.63, 3.8) is 0 Å². The Bertz CT molecular complexity index is 1340. The Labute approximate surface area is 197 Å². The van der Waals surface area contributed by atoms with Crippen LogP contribution in [0.15, 0.2) is 47.5 Å². The zero-order chi connectivity index (χ0) is 22.8. The van der Waals surface area contributed by atoms with Crippen molar-refractivity contribution in [2.75, 3.05) is 33.4 Å². The lowest BCUT2D eigenvalue weighted by Gasteiger charge is -2.13. The third-order valence-corrected chi connectivity index (χ3v) is 7.81. The molecule has 6 nitrogen and oxygen atoms in total. The van der Waals surface area contributed by atoms with E-state index in [9.17, 15) is 4.79 Å². The molecule has 0 spiro atoms. The molecule has 3 heterocycles. The second-order valence-corrected chi connectivity index (χ2v) is 9.74. The van der Waals surface area contributed by atoms with Crippen LogP contribution >= 0.6 is 11.3 Å². The Kier molecular flexibility index (Phi) is 6.44. The molecule has 0 aliphatic carbocycles. The molecular formula is C26H29N3O3S.